The lowest BCUT2D eigenvalue weighted by Crippen LogP contribution is -2.19. The van der Waals surface area contributed by atoms with Gasteiger partial charge in [-0.15, -0.1) is 0 Å². The van der Waals surface area contributed by atoms with Gasteiger partial charge in [-0.05, 0) is 24.7 Å². The molecule has 0 radical (unpaired) electrons. The molecule has 0 aliphatic carbocycles. The number of hydrogen-bond donors (Lipinski definition) is 0. The summed E-state index contributed by atoms with van der Waals surface area (Å²) in [5.41, 5.74) is 0. The molecule has 0 saturated heterocycles. The summed E-state index contributed by atoms with van der Waals surface area (Å²) in [5, 5.41) is -0.148. The molecule has 74 valence electrons. The molecular formula is C9H19O2S-. The van der Waals surface area contributed by atoms with E-state index in [0.29, 0.717) is 11.8 Å². The molecule has 0 saturated carbocycles. The zero-order valence-electron chi connectivity index (χ0n) is 8.37. The topological polar surface area (TPSA) is 40.1 Å². The Morgan fingerprint density at radius 2 is 1.42 bits per heavy atom. The largest absolute Gasteiger partial charge is 0.772 e. The maximum Gasteiger partial charge on any atom is 0.0220 e. The van der Waals surface area contributed by atoms with Gasteiger partial charge in [0, 0.05) is 5.25 Å². The van der Waals surface area contributed by atoms with E-state index in [-0.39, 0.29) is 5.25 Å². The SMILES string of the molecule is CC(C)CC(CC(C)C)S(=O)[O-]. The molecule has 0 aromatic rings. The Hall–Kier alpha value is 0.110. The van der Waals surface area contributed by atoms with Crippen LogP contribution in [0.2, 0.25) is 0 Å². The highest BCUT2D eigenvalue weighted by Gasteiger charge is 2.12. The predicted octanol–water partition coefficient (Wildman–Crippen LogP) is 2.33. The van der Waals surface area contributed by atoms with Crippen LogP contribution in [0.25, 0.3) is 0 Å². The van der Waals surface area contributed by atoms with Gasteiger partial charge in [-0.1, -0.05) is 38.8 Å². The van der Waals surface area contributed by atoms with Crippen molar-refractivity contribution in [3.05, 3.63) is 0 Å². The van der Waals surface area contributed by atoms with Gasteiger partial charge in [-0.2, -0.15) is 0 Å². The molecule has 0 N–H and O–H groups in total. The van der Waals surface area contributed by atoms with Crippen molar-refractivity contribution in [2.75, 3.05) is 0 Å². The molecule has 0 spiro atoms. The van der Waals surface area contributed by atoms with Crippen molar-refractivity contribution in [3.8, 4) is 0 Å². The number of rotatable bonds is 5. The fourth-order valence-corrected chi connectivity index (χ4v) is 2.39. The first kappa shape index (κ1) is 12.1. The average molecular weight is 191 g/mol. The second-order valence-corrected chi connectivity index (χ2v) is 5.33. The lowest BCUT2D eigenvalue weighted by Gasteiger charge is -2.23. The minimum atomic E-state index is -1.89. The first-order valence-corrected chi connectivity index (χ1v) is 5.65. The number of hydrogen-bond acceptors (Lipinski definition) is 2. The Bertz CT molecular complexity index is 133. The minimum absolute atomic E-state index is 0.148. The van der Waals surface area contributed by atoms with Crippen LogP contribution in [-0.4, -0.2) is 14.0 Å². The van der Waals surface area contributed by atoms with E-state index in [1.54, 1.807) is 0 Å². The Labute approximate surface area is 78.0 Å². The van der Waals surface area contributed by atoms with E-state index in [9.17, 15) is 8.76 Å². The standard InChI is InChI=1S/C9H20O2S/c1-7(2)5-9(12(10)11)6-8(3)4/h7-9H,5-6H2,1-4H3,(H,10,11)/p-1. The van der Waals surface area contributed by atoms with Crippen LogP contribution in [0, 0.1) is 11.8 Å². The van der Waals surface area contributed by atoms with E-state index < -0.39 is 11.1 Å². The van der Waals surface area contributed by atoms with Gasteiger partial charge in [0.15, 0.2) is 0 Å². The molecule has 0 heterocycles. The summed E-state index contributed by atoms with van der Waals surface area (Å²) in [4.78, 5) is 0. The van der Waals surface area contributed by atoms with Crippen LogP contribution in [0.15, 0.2) is 0 Å². The van der Waals surface area contributed by atoms with E-state index in [0.717, 1.165) is 12.8 Å². The maximum absolute atomic E-state index is 10.8. The fourth-order valence-electron chi connectivity index (χ4n) is 1.30. The Kier molecular flexibility index (Phi) is 5.76. The molecule has 0 fully saturated rings. The van der Waals surface area contributed by atoms with Crippen LogP contribution in [-0.2, 0) is 11.1 Å². The third-order valence-corrected chi connectivity index (χ3v) is 2.67. The quantitative estimate of drug-likeness (QED) is 0.626. The van der Waals surface area contributed by atoms with Gasteiger partial charge >= 0.3 is 0 Å². The van der Waals surface area contributed by atoms with E-state index in [2.05, 4.69) is 27.7 Å². The van der Waals surface area contributed by atoms with Crippen molar-refractivity contribution >= 4 is 11.1 Å². The summed E-state index contributed by atoms with van der Waals surface area (Å²) in [5.74, 6) is 0.929. The van der Waals surface area contributed by atoms with Crippen LogP contribution in [0.1, 0.15) is 40.5 Å². The Morgan fingerprint density at radius 1 is 1.08 bits per heavy atom. The van der Waals surface area contributed by atoms with Gasteiger partial charge in [-0.3, -0.25) is 4.21 Å². The molecule has 0 aromatic heterocycles. The summed E-state index contributed by atoms with van der Waals surface area (Å²) < 4.78 is 21.5. The highest BCUT2D eigenvalue weighted by Crippen LogP contribution is 2.17. The summed E-state index contributed by atoms with van der Waals surface area (Å²) >= 11 is -1.89. The van der Waals surface area contributed by atoms with Crippen molar-refractivity contribution in [2.24, 2.45) is 11.8 Å². The second kappa shape index (κ2) is 5.70. The minimum Gasteiger partial charge on any atom is -0.772 e. The summed E-state index contributed by atoms with van der Waals surface area (Å²) in [6.07, 6.45) is 1.57. The van der Waals surface area contributed by atoms with E-state index in [4.69, 9.17) is 0 Å². The monoisotopic (exact) mass is 191 g/mol. The molecular weight excluding hydrogens is 172 g/mol. The molecule has 3 heteroatoms. The van der Waals surface area contributed by atoms with Gasteiger partial charge in [0.05, 0.1) is 0 Å². The van der Waals surface area contributed by atoms with E-state index in [1.165, 1.54) is 0 Å². The molecule has 1 unspecified atom stereocenters. The zero-order chi connectivity index (χ0) is 9.72. The molecule has 0 aliphatic rings. The van der Waals surface area contributed by atoms with Crippen molar-refractivity contribution in [3.63, 3.8) is 0 Å². The third-order valence-electron chi connectivity index (χ3n) is 1.74. The van der Waals surface area contributed by atoms with Crippen LogP contribution >= 0.6 is 0 Å². The summed E-state index contributed by atoms with van der Waals surface area (Å²) in [6.45, 7) is 8.22. The molecule has 2 nitrogen and oxygen atoms in total. The molecule has 0 aromatic carbocycles. The van der Waals surface area contributed by atoms with E-state index in [1.807, 2.05) is 0 Å². The Balaban J connectivity index is 3.96. The van der Waals surface area contributed by atoms with Crippen LogP contribution < -0.4 is 0 Å². The van der Waals surface area contributed by atoms with E-state index >= 15 is 0 Å². The lowest BCUT2D eigenvalue weighted by molar-refractivity contribution is 0.447. The lowest BCUT2D eigenvalue weighted by atomic mass is 10.0. The van der Waals surface area contributed by atoms with Gasteiger partial charge in [0.1, 0.15) is 0 Å². The van der Waals surface area contributed by atoms with Gasteiger partial charge < -0.3 is 4.55 Å². The van der Waals surface area contributed by atoms with Crippen LogP contribution in [0.5, 0.6) is 0 Å². The first-order chi connectivity index (χ1) is 5.43. The fraction of sp³-hybridized carbons (Fsp3) is 1.00. The Morgan fingerprint density at radius 3 is 1.58 bits per heavy atom. The second-order valence-electron chi connectivity index (χ2n) is 4.14. The molecule has 0 bridgehead atoms. The normalized spacial score (nSPS) is 14.7. The molecule has 0 rings (SSSR count). The molecule has 1 atom stereocenters. The van der Waals surface area contributed by atoms with Gasteiger partial charge in [0.2, 0.25) is 0 Å². The average Bonchev–Trinajstić information content (AvgIpc) is 1.83. The molecule has 0 aliphatic heterocycles. The van der Waals surface area contributed by atoms with Crippen molar-refractivity contribution in [1.29, 1.82) is 0 Å². The van der Waals surface area contributed by atoms with Crippen molar-refractivity contribution in [2.45, 2.75) is 45.8 Å². The summed E-state index contributed by atoms with van der Waals surface area (Å²) in [6, 6.07) is 0. The third kappa shape index (κ3) is 5.72. The van der Waals surface area contributed by atoms with Crippen molar-refractivity contribution in [1.82, 2.24) is 0 Å². The smallest absolute Gasteiger partial charge is 0.0220 e. The maximum atomic E-state index is 10.8. The summed E-state index contributed by atoms with van der Waals surface area (Å²) in [7, 11) is 0. The van der Waals surface area contributed by atoms with Gasteiger partial charge in [-0.25, -0.2) is 0 Å². The highest BCUT2D eigenvalue weighted by atomic mass is 32.2. The highest BCUT2D eigenvalue weighted by molar-refractivity contribution is 7.79. The first-order valence-electron chi connectivity index (χ1n) is 4.51. The van der Waals surface area contributed by atoms with Crippen molar-refractivity contribution < 1.29 is 8.76 Å². The zero-order valence-corrected chi connectivity index (χ0v) is 9.19. The predicted molar refractivity (Wildman–Crippen MR) is 51.6 cm³/mol. The van der Waals surface area contributed by atoms with Gasteiger partial charge in [0.25, 0.3) is 0 Å². The van der Waals surface area contributed by atoms with Crippen LogP contribution in [0.4, 0.5) is 0 Å². The van der Waals surface area contributed by atoms with Crippen LogP contribution in [0.3, 0.4) is 0 Å². The molecule has 12 heavy (non-hydrogen) atoms. The molecule has 0 amide bonds.